The minimum atomic E-state index is -4.59. The van der Waals surface area contributed by atoms with Gasteiger partial charge in [0.15, 0.2) is 10.1 Å². The Hall–Kier alpha value is -2.17. The monoisotopic (exact) mass is 433 g/mol. The Morgan fingerprint density at radius 2 is 1.93 bits per heavy atom. The van der Waals surface area contributed by atoms with Gasteiger partial charge in [0.2, 0.25) is 0 Å². The van der Waals surface area contributed by atoms with Gasteiger partial charge in [0.25, 0.3) is 5.91 Å². The largest absolute Gasteiger partial charge is 0.417 e. The summed E-state index contributed by atoms with van der Waals surface area (Å²) in [6.07, 6.45) is -2.47. The molecule has 1 saturated heterocycles. The number of nitrogens with one attached hydrogen (secondary N) is 1. The maximum Gasteiger partial charge on any atom is 0.417 e. The molecule has 27 heavy (non-hydrogen) atoms. The number of halogens is 5. The Morgan fingerprint density at radius 1 is 1.26 bits per heavy atom. The quantitative estimate of drug-likeness (QED) is 0.413. The molecule has 2 heterocycles. The molecule has 0 unspecified atom stereocenters. The van der Waals surface area contributed by atoms with Gasteiger partial charge >= 0.3 is 6.18 Å². The molecule has 0 spiro atoms. The number of anilines is 1. The summed E-state index contributed by atoms with van der Waals surface area (Å²) in [6, 6.07) is 6.17. The van der Waals surface area contributed by atoms with Gasteiger partial charge in [-0.25, -0.2) is 9.37 Å². The van der Waals surface area contributed by atoms with Crippen LogP contribution in [-0.4, -0.2) is 20.2 Å². The second kappa shape index (κ2) is 7.45. The molecule has 1 aliphatic rings. The summed E-state index contributed by atoms with van der Waals surface area (Å²) >= 11 is 11.9. The number of thioether (sulfide) groups is 1. The topological polar surface area (TPSA) is 45.2 Å². The third-order valence-corrected chi connectivity index (χ3v) is 4.94. The van der Waals surface area contributed by atoms with Crippen LogP contribution in [0.2, 0.25) is 5.02 Å². The zero-order valence-electron chi connectivity index (χ0n) is 13.1. The fraction of sp³-hybridized carbons (Fsp3) is 0.0625. The van der Waals surface area contributed by atoms with Crippen LogP contribution in [0, 0.1) is 5.82 Å². The van der Waals surface area contributed by atoms with Gasteiger partial charge in [-0.05, 0) is 42.1 Å². The molecule has 0 bridgehead atoms. The van der Waals surface area contributed by atoms with Crippen molar-refractivity contribution in [2.24, 2.45) is 0 Å². The highest BCUT2D eigenvalue weighted by Crippen LogP contribution is 2.35. The number of amides is 1. The summed E-state index contributed by atoms with van der Waals surface area (Å²) in [5, 5.41) is 0.637. The van der Waals surface area contributed by atoms with Crippen LogP contribution in [-0.2, 0) is 11.0 Å². The first-order chi connectivity index (χ1) is 12.6. The van der Waals surface area contributed by atoms with Crippen LogP contribution in [0.3, 0.4) is 0 Å². The Balaban J connectivity index is 1.81. The van der Waals surface area contributed by atoms with Gasteiger partial charge in [-0.3, -0.25) is 10.2 Å². The van der Waals surface area contributed by atoms with Gasteiger partial charge < -0.3 is 0 Å². The molecule has 1 fully saturated rings. The molecule has 1 aliphatic heterocycles. The van der Waals surface area contributed by atoms with Gasteiger partial charge in [0, 0.05) is 6.20 Å². The molecule has 0 atom stereocenters. The molecule has 0 saturated carbocycles. The first-order valence-corrected chi connectivity index (χ1v) is 8.78. The smallest absolute Gasteiger partial charge is 0.272 e. The summed E-state index contributed by atoms with van der Waals surface area (Å²) in [6.45, 7) is 0. The number of nitrogens with zero attached hydrogens (tertiary/aromatic N) is 2. The molecule has 1 N–H and O–H groups in total. The molecule has 0 aliphatic carbocycles. The van der Waals surface area contributed by atoms with Crippen LogP contribution in [0.4, 0.5) is 23.4 Å². The molecule has 0 radical (unpaired) electrons. The van der Waals surface area contributed by atoms with Crippen LogP contribution in [0.15, 0.2) is 41.4 Å². The zero-order chi connectivity index (χ0) is 19.8. The van der Waals surface area contributed by atoms with Crippen molar-refractivity contribution < 1.29 is 22.4 Å². The minimum Gasteiger partial charge on any atom is -0.272 e. The number of alkyl halides is 3. The molecule has 140 valence electrons. The first kappa shape index (κ1) is 19.6. The Bertz CT molecular complexity index is 948. The summed E-state index contributed by atoms with van der Waals surface area (Å²) in [4.78, 5) is 16.4. The maximum absolute atomic E-state index is 13.0. The molecule has 4 nitrogen and oxygen atoms in total. The van der Waals surface area contributed by atoms with Crippen LogP contribution >= 0.6 is 35.6 Å². The number of thiocarbonyl (C=S) groups is 1. The summed E-state index contributed by atoms with van der Waals surface area (Å²) < 4.78 is 51.1. The van der Waals surface area contributed by atoms with E-state index in [4.69, 9.17) is 23.8 Å². The lowest BCUT2D eigenvalue weighted by molar-refractivity contribution is -0.137. The molecule has 3 rings (SSSR count). The van der Waals surface area contributed by atoms with E-state index in [1.807, 2.05) is 0 Å². The molecular weight excluding hydrogens is 426 g/mol. The molecule has 2 aromatic rings. The van der Waals surface area contributed by atoms with E-state index in [2.05, 4.69) is 10.4 Å². The van der Waals surface area contributed by atoms with E-state index >= 15 is 0 Å². The van der Waals surface area contributed by atoms with E-state index in [0.717, 1.165) is 16.8 Å². The van der Waals surface area contributed by atoms with Crippen molar-refractivity contribution in [3.63, 3.8) is 0 Å². The van der Waals surface area contributed by atoms with Crippen molar-refractivity contribution in [3.05, 3.63) is 63.4 Å². The van der Waals surface area contributed by atoms with Gasteiger partial charge in [-0.15, -0.1) is 0 Å². The highest BCUT2D eigenvalue weighted by Gasteiger charge is 2.34. The fourth-order valence-electron chi connectivity index (χ4n) is 2.06. The second-order valence-electron chi connectivity index (χ2n) is 5.23. The second-order valence-corrected chi connectivity index (χ2v) is 7.32. The van der Waals surface area contributed by atoms with E-state index in [1.54, 1.807) is 0 Å². The van der Waals surface area contributed by atoms with Gasteiger partial charge in [-0.1, -0.05) is 35.5 Å². The SMILES string of the molecule is O=C1/C(=C\c2ccc(F)cc2)SC(=S)N1Nc1ncc(C(F)(F)F)cc1Cl. The van der Waals surface area contributed by atoms with Crippen LogP contribution in [0.25, 0.3) is 6.08 Å². The number of carbonyl (C=O) groups excluding carboxylic acids is 1. The van der Waals surface area contributed by atoms with E-state index in [9.17, 15) is 22.4 Å². The minimum absolute atomic E-state index is 0.117. The van der Waals surface area contributed by atoms with Gasteiger partial charge in [0.1, 0.15) is 5.82 Å². The predicted octanol–water partition coefficient (Wildman–Crippen LogP) is 5.12. The average molecular weight is 434 g/mol. The van der Waals surface area contributed by atoms with E-state index in [-0.39, 0.29) is 20.1 Å². The number of benzene rings is 1. The normalized spacial score (nSPS) is 16.3. The van der Waals surface area contributed by atoms with Crippen molar-refractivity contribution in [2.75, 3.05) is 5.43 Å². The van der Waals surface area contributed by atoms with Crippen molar-refractivity contribution in [1.29, 1.82) is 0 Å². The number of hydrogen-bond donors (Lipinski definition) is 1. The number of pyridine rings is 1. The Labute approximate surface area is 165 Å². The van der Waals surface area contributed by atoms with Crippen LogP contribution < -0.4 is 5.43 Å². The van der Waals surface area contributed by atoms with Crippen molar-refractivity contribution in [1.82, 2.24) is 9.99 Å². The van der Waals surface area contributed by atoms with E-state index < -0.39 is 23.5 Å². The Morgan fingerprint density at radius 3 is 2.52 bits per heavy atom. The predicted molar refractivity (Wildman–Crippen MR) is 99.3 cm³/mol. The van der Waals surface area contributed by atoms with Crippen molar-refractivity contribution in [2.45, 2.75) is 6.18 Å². The van der Waals surface area contributed by atoms with Crippen molar-refractivity contribution >= 4 is 57.7 Å². The summed E-state index contributed by atoms with van der Waals surface area (Å²) in [7, 11) is 0. The molecule has 1 aromatic carbocycles. The number of aromatic nitrogens is 1. The highest BCUT2D eigenvalue weighted by molar-refractivity contribution is 8.26. The number of hydrazine groups is 1. The summed E-state index contributed by atoms with van der Waals surface area (Å²) in [5.41, 5.74) is 2.09. The molecule has 1 aromatic heterocycles. The third-order valence-electron chi connectivity index (χ3n) is 3.35. The Kier molecular flexibility index (Phi) is 5.41. The van der Waals surface area contributed by atoms with Crippen LogP contribution in [0.1, 0.15) is 11.1 Å². The average Bonchev–Trinajstić information content (AvgIpc) is 2.85. The van der Waals surface area contributed by atoms with E-state index in [0.29, 0.717) is 17.8 Å². The number of rotatable bonds is 3. The van der Waals surface area contributed by atoms with Gasteiger partial charge in [-0.2, -0.15) is 18.2 Å². The summed E-state index contributed by atoms with van der Waals surface area (Å²) in [5.74, 6) is -1.10. The standard InChI is InChI=1S/C16H8ClF4N3OS2/c17-11-6-9(16(19,20)21)7-22-13(11)23-24-14(25)12(27-15(24)26)5-8-1-3-10(18)4-2-8/h1-7H,(H,22,23)/b12-5+. The van der Waals surface area contributed by atoms with Crippen molar-refractivity contribution in [3.8, 4) is 0 Å². The lowest BCUT2D eigenvalue weighted by atomic mass is 10.2. The molecule has 1 amide bonds. The van der Waals surface area contributed by atoms with E-state index in [1.165, 1.54) is 30.3 Å². The lowest BCUT2D eigenvalue weighted by Crippen LogP contribution is -2.34. The van der Waals surface area contributed by atoms with Crippen LogP contribution in [0.5, 0.6) is 0 Å². The zero-order valence-corrected chi connectivity index (χ0v) is 15.4. The first-order valence-electron chi connectivity index (χ1n) is 7.18. The maximum atomic E-state index is 13.0. The van der Waals surface area contributed by atoms with Gasteiger partial charge in [0.05, 0.1) is 15.5 Å². The highest BCUT2D eigenvalue weighted by atomic mass is 35.5. The number of hydrogen-bond acceptors (Lipinski definition) is 5. The molecule has 11 heteroatoms. The third kappa shape index (κ3) is 4.40. The lowest BCUT2D eigenvalue weighted by Gasteiger charge is -2.17. The molecular formula is C16H8ClF4N3OS2. The fourth-order valence-corrected chi connectivity index (χ4v) is 3.44. The number of carbonyl (C=O) groups is 1.